The fourth-order valence-corrected chi connectivity index (χ4v) is 4.20. The quantitative estimate of drug-likeness (QED) is 0.749. The number of carbonyl (C=O) groups is 3. The molecule has 30 heavy (non-hydrogen) atoms. The van der Waals surface area contributed by atoms with Gasteiger partial charge in [-0.25, -0.2) is 0 Å². The fraction of sp³-hybridized carbons (Fsp3) is 0.375. The van der Waals surface area contributed by atoms with Gasteiger partial charge < -0.3 is 15.1 Å². The van der Waals surface area contributed by atoms with Crippen LogP contribution >= 0.6 is 0 Å². The average molecular weight is 405 g/mol. The Balaban J connectivity index is 1.57. The standard InChI is InChI=1S/C24H27N3O3/c1-2-3-14-25-22(28)18-12-10-17(11-13-18)16-27-20-8-5-4-7-19(20)23(29)26-15-6-9-21(26)24(27)30/h4-5,7-8,10-13,21H,2-3,6,9,14-16H2,1H3,(H,25,28)/t21-/m1/s1. The third-order valence-corrected chi connectivity index (χ3v) is 5.86. The highest BCUT2D eigenvalue weighted by molar-refractivity contribution is 6.11. The molecule has 156 valence electrons. The van der Waals surface area contributed by atoms with Crippen molar-refractivity contribution in [3.8, 4) is 0 Å². The van der Waals surface area contributed by atoms with Crippen molar-refractivity contribution in [2.24, 2.45) is 0 Å². The lowest BCUT2D eigenvalue weighted by molar-refractivity contribution is -0.122. The van der Waals surface area contributed by atoms with Crippen LogP contribution in [0.25, 0.3) is 0 Å². The van der Waals surface area contributed by atoms with Crippen LogP contribution in [0, 0.1) is 0 Å². The summed E-state index contributed by atoms with van der Waals surface area (Å²) < 4.78 is 0. The zero-order valence-corrected chi connectivity index (χ0v) is 17.3. The third-order valence-electron chi connectivity index (χ3n) is 5.86. The predicted molar refractivity (Wildman–Crippen MR) is 115 cm³/mol. The maximum absolute atomic E-state index is 13.3. The molecular formula is C24H27N3O3. The minimum atomic E-state index is -0.395. The normalized spacial score (nSPS) is 18.1. The van der Waals surface area contributed by atoms with Crippen LogP contribution in [0.5, 0.6) is 0 Å². The molecule has 0 radical (unpaired) electrons. The van der Waals surface area contributed by atoms with E-state index in [1.54, 1.807) is 28.0 Å². The topological polar surface area (TPSA) is 69.7 Å². The molecule has 2 heterocycles. The number of benzene rings is 2. The van der Waals surface area contributed by atoms with E-state index in [0.717, 1.165) is 24.8 Å². The first-order chi connectivity index (χ1) is 14.6. The van der Waals surface area contributed by atoms with Crippen LogP contribution in [0.4, 0.5) is 5.69 Å². The van der Waals surface area contributed by atoms with Gasteiger partial charge in [-0.05, 0) is 49.1 Å². The van der Waals surface area contributed by atoms with Crippen LogP contribution in [0.1, 0.15) is 58.9 Å². The number of fused-ring (bicyclic) bond motifs is 2. The molecule has 0 unspecified atom stereocenters. The Morgan fingerprint density at radius 1 is 1.10 bits per heavy atom. The number of hydrogen-bond donors (Lipinski definition) is 1. The average Bonchev–Trinajstić information content (AvgIpc) is 3.24. The van der Waals surface area contributed by atoms with Crippen molar-refractivity contribution >= 4 is 23.4 Å². The van der Waals surface area contributed by atoms with Gasteiger partial charge in [0.15, 0.2) is 0 Å². The fourth-order valence-electron chi connectivity index (χ4n) is 4.20. The van der Waals surface area contributed by atoms with Gasteiger partial charge in [-0.1, -0.05) is 37.6 Å². The number of nitrogens with zero attached hydrogens (tertiary/aromatic N) is 2. The Kier molecular flexibility index (Phi) is 5.84. The number of amides is 3. The molecule has 0 bridgehead atoms. The molecule has 2 aliphatic heterocycles. The number of para-hydroxylation sites is 1. The van der Waals surface area contributed by atoms with Gasteiger partial charge in [0.2, 0.25) is 5.91 Å². The van der Waals surface area contributed by atoms with E-state index in [2.05, 4.69) is 12.2 Å². The summed E-state index contributed by atoms with van der Waals surface area (Å²) in [6, 6.07) is 14.3. The Bertz CT molecular complexity index is 954. The van der Waals surface area contributed by atoms with Crippen LogP contribution in [0.15, 0.2) is 48.5 Å². The number of unbranched alkanes of at least 4 members (excludes halogenated alkanes) is 1. The van der Waals surface area contributed by atoms with Crippen molar-refractivity contribution in [3.05, 3.63) is 65.2 Å². The first kappa shape index (κ1) is 20.1. The molecule has 3 amide bonds. The molecule has 2 aromatic carbocycles. The van der Waals surface area contributed by atoms with Gasteiger partial charge in [-0.2, -0.15) is 0 Å². The molecule has 1 fully saturated rings. The van der Waals surface area contributed by atoms with Crippen molar-refractivity contribution in [1.29, 1.82) is 0 Å². The Hall–Kier alpha value is -3.15. The smallest absolute Gasteiger partial charge is 0.256 e. The highest BCUT2D eigenvalue weighted by Gasteiger charge is 2.41. The number of carbonyl (C=O) groups excluding carboxylic acids is 3. The lowest BCUT2D eigenvalue weighted by Gasteiger charge is -2.26. The van der Waals surface area contributed by atoms with E-state index in [1.165, 1.54) is 0 Å². The van der Waals surface area contributed by atoms with E-state index in [0.29, 0.717) is 42.9 Å². The van der Waals surface area contributed by atoms with E-state index in [4.69, 9.17) is 0 Å². The van der Waals surface area contributed by atoms with Gasteiger partial charge in [0, 0.05) is 18.7 Å². The second-order valence-corrected chi connectivity index (χ2v) is 7.90. The van der Waals surface area contributed by atoms with Gasteiger partial charge in [0.05, 0.1) is 17.8 Å². The van der Waals surface area contributed by atoms with Gasteiger partial charge in [-0.3, -0.25) is 14.4 Å². The number of anilines is 1. The lowest BCUT2D eigenvalue weighted by Crippen LogP contribution is -2.44. The minimum absolute atomic E-state index is 0.0350. The number of nitrogens with one attached hydrogen (secondary N) is 1. The maximum atomic E-state index is 13.3. The summed E-state index contributed by atoms with van der Waals surface area (Å²) >= 11 is 0. The van der Waals surface area contributed by atoms with E-state index in [-0.39, 0.29) is 17.7 Å². The Morgan fingerprint density at radius 3 is 2.63 bits per heavy atom. The van der Waals surface area contributed by atoms with Crippen molar-refractivity contribution in [3.63, 3.8) is 0 Å². The monoisotopic (exact) mass is 405 g/mol. The lowest BCUT2D eigenvalue weighted by atomic mass is 10.1. The highest BCUT2D eigenvalue weighted by Crippen LogP contribution is 2.33. The van der Waals surface area contributed by atoms with Crippen molar-refractivity contribution in [2.45, 2.75) is 45.2 Å². The van der Waals surface area contributed by atoms with Gasteiger partial charge in [0.1, 0.15) is 6.04 Å². The zero-order valence-electron chi connectivity index (χ0n) is 17.3. The number of rotatable bonds is 6. The van der Waals surface area contributed by atoms with E-state index in [1.807, 2.05) is 30.3 Å². The van der Waals surface area contributed by atoms with Crippen LogP contribution in [0.3, 0.4) is 0 Å². The Labute approximate surface area is 176 Å². The molecule has 2 aliphatic rings. The SMILES string of the molecule is CCCCNC(=O)c1ccc(CN2C(=O)[C@H]3CCCN3C(=O)c3ccccc32)cc1. The molecule has 0 aromatic heterocycles. The number of hydrogen-bond acceptors (Lipinski definition) is 3. The van der Waals surface area contributed by atoms with Gasteiger partial charge in [-0.15, -0.1) is 0 Å². The Morgan fingerprint density at radius 2 is 1.87 bits per heavy atom. The summed E-state index contributed by atoms with van der Waals surface area (Å²) in [6.07, 6.45) is 3.54. The van der Waals surface area contributed by atoms with Crippen LogP contribution < -0.4 is 10.2 Å². The summed E-state index contributed by atoms with van der Waals surface area (Å²) in [4.78, 5) is 42.0. The first-order valence-electron chi connectivity index (χ1n) is 10.7. The third kappa shape index (κ3) is 3.82. The van der Waals surface area contributed by atoms with E-state index >= 15 is 0 Å². The summed E-state index contributed by atoms with van der Waals surface area (Å²) in [5, 5.41) is 2.91. The summed E-state index contributed by atoms with van der Waals surface area (Å²) in [7, 11) is 0. The zero-order chi connectivity index (χ0) is 21.1. The van der Waals surface area contributed by atoms with Gasteiger partial charge >= 0.3 is 0 Å². The summed E-state index contributed by atoms with van der Waals surface area (Å²) in [5.74, 6) is -0.186. The molecule has 0 aliphatic carbocycles. The highest BCUT2D eigenvalue weighted by atomic mass is 16.2. The molecule has 6 heteroatoms. The van der Waals surface area contributed by atoms with Crippen LogP contribution in [0.2, 0.25) is 0 Å². The first-order valence-corrected chi connectivity index (χ1v) is 10.7. The largest absolute Gasteiger partial charge is 0.352 e. The van der Waals surface area contributed by atoms with Crippen molar-refractivity contribution in [2.75, 3.05) is 18.0 Å². The molecule has 2 aromatic rings. The molecule has 4 rings (SSSR count). The summed E-state index contributed by atoms with van der Waals surface area (Å²) in [6.45, 7) is 3.74. The molecule has 1 N–H and O–H groups in total. The molecule has 1 atom stereocenters. The molecule has 0 saturated carbocycles. The molecule has 6 nitrogen and oxygen atoms in total. The van der Waals surface area contributed by atoms with E-state index < -0.39 is 6.04 Å². The van der Waals surface area contributed by atoms with Crippen molar-refractivity contribution < 1.29 is 14.4 Å². The van der Waals surface area contributed by atoms with Crippen molar-refractivity contribution in [1.82, 2.24) is 10.2 Å². The second-order valence-electron chi connectivity index (χ2n) is 7.90. The summed E-state index contributed by atoms with van der Waals surface area (Å²) in [5.41, 5.74) is 2.75. The molecule has 1 saturated heterocycles. The predicted octanol–water partition coefficient (Wildman–Crippen LogP) is 3.37. The van der Waals surface area contributed by atoms with Crippen LogP contribution in [-0.2, 0) is 11.3 Å². The van der Waals surface area contributed by atoms with Crippen LogP contribution in [-0.4, -0.2) is 41.8 Å². The second kappa shape index (κ2) is 8.69. The van der Waals surface area contributed by atoms with E-state index in [9.17, 15) is 14.4 Å². The van der Waals surface area contributed by atoms with Gasteiger partial charge in [0.25, 0.3) is 11.8 Å². The minimum Gasteiger partial charge on any atom is -0.352 e. The molecular weight excluding hydrogens is 378 g/mol. The molecule has 0 spiro atoms. The maximum Gasteiger partial charge on any atom is 0.256 e.